The molecule has 2 N–H and O–H groups in total. The maximum Gasteiger partial charge on any atom is 0.417 e. The number of nitrogens with two attached hydrogens (primary N) is 1. The van der Waals surface area contributed by atoms with Gasteiger partial charge in [0.05, 0.1) is 23.3 Å². The second-order valence-electron chi connectivity index (χ2n) is 8.48. The fraction of sp³-hybridized carbons (Fsp3) is 0.619. The highest BCUT2D eigenvalue weighted by Crippen LogP contribution is 2.37. The van der Waals surface area contributed by atoms with Crippen molar-refractivity contribution >= 4 is 17.7 Å². The molecule has 0 bridgehead atoms. The van der Waals surface area contributed by atoms with Crippen LogP contribution in [0.25, 0.3) is 11.4 Å². The summed E-state index contributed by atoms with van der Waals surface area (Å²) in [5.41, 5.74) is 4.43. The van der Waals surface area contributed by atoms with Gasteiger partial charge in [-0.3, -0.25) is 0 Å². The lowest BCUT2D eigenvalue weighted by Gasteiger charge is -2.35. The number of anilines is 3. The molecule has 2 saturated heterocycles. The van der Waals surface area contributed by atoms with E-state index in [4.69, 9.17) is 10.5 Å². The zero-order chi connectivity index (χ0) is 22.9. The summed E-state index contributed by atoms with van der Waals surface area (Å²) in [4.78, 5) is 21.5. The number of halogens is 3. The third-order valence-corrected chi connectivity index (χ3v) is 5.67. The summed E-state index contributed by atoms with van der Waals surface area (Å²) in [7, 11) is 0. The molecule has 4 heterocycles. The molecule has 2 aromatic heterocycles. The molecule has 0 amide bonds. The van der Waals surface area contributed by atoms with Crippen LogP contribution in [0.1, 0.15) is 45.1 Å². The van der Waals surface area contributed by atoms with Crippen molar-refractivity contribution in [2.45, 2.75) is 57.9 Å². The standard InChI is InChI=1S/C21H28F3N7O/c1-13-11-31(12-14(2)32-13)20-28-18(15-10-26-17(25)9-16(15)21(22,23)24)27-19(29-20)30-7-5-3-4-6-8-30/h9-10,13-14H,3-8,11-12H2,1-2H3,(H2,25,26)/t13-,14-/m1/s1. The molecule has 32 heavy (non-hydrogen) atoms. The molecule has 0 radical (unpaired) electrons. The Labute approximate surface area is 185 Å². The number of nitrogen functional groups attached to an aromatic ring is 1. The smallest absolute Gasteiger partial charge is 0.384 e. The molecule has 0 spiro atoms. The van der Waals surface area contributed by atoms with Crippen LogP contribution in [-0.2, 0) is 10.9 Å². The Bertz CT molecular complexity index is 937. The largest absolute Gasteiger partial charge is 0.417 e. The molecule has 0 aromatic carbocycles. The molecule has 174 valence electrons. The van der Waals surface area contributed by atoms with Gasteiger partial charge in [0.1, 0.15) is 5.82 Å². The monoisotopic (exact) mass is 451 g/mol. The summed E-state index contributed by atoms with van der Waals surface area (Å²) in [5.74, 6) is 0.477. The van der Waals surface area contributed by atoms with Gasteiger partial charge in [0.15, 0.2) is 5.82 Å². The fourth-order valence-corrected chi connectivity index (χ4v) is 4.25. The molecule has 0 unspecified atom stereocenters. The molecule has 2 aliphatic heterocycles. The minimum Gasteiger partial charge on any atom is -0.384 e. The van der Waals surface area contributed by atoms with Gasteiger partial charge in [-0.1, -0.05) is 12.8 Å². The first-order chi connectivity index (χ1) is 15.2. The van der Waals surface area contributed by atoms with Gasteiger partial charge in [-0.25, -0.2) is 4.98 Å². The summed E-state index contributed by atoms with van der Waals surface area (Å²) in [6.07, 6.45) is 0.560. The Kier molecular flexibility index (Phi) is 6.36. The molecule has 0 aliphatic carbocycles. The van der Waals surface area contributed by atoms with E-state index in [-0.39, 0.29) is 29.4 Å². The first-order valence-corrected chi connectivity index (χ1v) is 10.9. The van der Waals surface area contributed by atoms with Gasteiger partial charge in [-0.05, 0) is 32.8 Å². The average Bonchev–Trinajstić information content (AvgIpc) is 3.02. The van der Waals surface area contributed by atoms with Crippen molar-refractivity contribution in [2.24, 2.45) is 0 Å². The van der Waals surface area contributed by atoms with Crippen molar-refractivity contribution < 1.29 is 17.9 Å². The Morgan fingerprint density at radius 1 is 0.938 bits per heavy atom. The highest BCUT2D eigenvalue weighted by Gasteiger charge is 2.36. The second kappa shape index (κ2) is 9.05. The van der Waals surface area contributed by atoms with E-state index in [2.05, 4.69) is 19.9 Å². The molecular weight excluding hydrogens is 423 g/mol. The molecule has 2 atom stereocenters. The maximum absolute atomic E-state index is 13.8. The van der Waals surface area contributed by atoms with E-state index in [1.807, 2.05) is 23.6 Å². The minimum atomic E-state index is -4.62. The van der Waals surface area contributed by atoms with Crippen LogP contribution in [0.3, 0.4) is 0 Å². The van der Waals surface area contributed by atoms with Crippen LogP contribution in [0, 0.1) is 0 Å². The number of hydrogen-bond donors (Lipinski definition) is 1. The predicted octanol–water partition coefficient (Wildman–Crippen LogP) is 3.53. The van der Waals surface area contributed by atoms with Gasteiger partial charge in [0, 0.05) is 32.4 Å². The number of pyridine rings is 1. The first-order valence-electron chi connectivity index (χ1n) is 10.9. The van der Waals surface area contributed by atoms with Crippen LogP contribution in [0.5, 0.6) is 0 Å². The van der Waals surface area contributed by atoms with E-state index in [9.17, 15) is 13.2 Å². The number of ether oxygens (including phenoxy) is 1. The van der Waals surface area contributed by atoms with E-state index < -0.39 is 11.7 Å². The third kappa shape index (κ3) is 5.03. The van der Waals surface area contributed by atoms with E-state index in [0.29, 0.717) is 25.0 Å². The molecular formula is C21H28F3N7O. The molecule has 2 aromatic rings. The lowest BCUT2D eigenvalue weighted by Crippen LogP contribution is -2.46. The summed E-state index contributed by atoms with van der Waals surface area (Å²) in [5, 5.41) is 0. The van der Waals surface area contributed by atoms with Gasteiger partial charge in [-0.15, -0.1) is 0 Å². The Hall–Kier alpha value is -2.69. The minimum absolute atomic E-state index is 0.0514. The highest BCUT2D eigenvalue weighted by molar-refractivity contribution is 5.64. The third-order valence-electron chi connectivity index (χ3n) is 5.67. The highest BCUT2D eigenvalue weighted by atomic mass is 19.4. The number of hydrogen-bond acceptors (Lipinski definition) is 8. The van der Waals surface area contributed by atoms with Gasteiger partial charge < -0.3 is 20.3 Å². The number of morpholine rings is 1. The van der Waals surface area contributed by atoms with E-state index in [1.165, 1.54) is 0 Å². The Morgan fingerprint density at radius 2 is 1.53 bits per heavy atom. The van der Waals surface area contributed by atoms with Crippen molar-refractivity contribution in [1.29, 1.82) is 0 Å². The Balaban J connectivity index is 1.83. The molecule has 11 heteroatoms. The average molecular weight is 451 g/mol. The summed E-state index contributed by atoms with van der Waals surface area (Å²) >= 11 is 0. The second-order valence-corrected chi connectivity index (χ2v) is 8.48. The summed E-state index contributed by atoms with van der Waals surface area (Å²) < 4.78 is 47.2. The van der Waals surface area contributed by atoms with Crippen LogP contribution in [-0.4, -0.2) is 58.3 Å². The summed E-state index contributed by atoms with van der Waals surface area (Å²) in [6, 6.07) is 0.823. The van der Waals surface area contributed by atoms with Crippen LogP contribution in [0.2, 0.25) is 0 Å². The molecule has 0 saturated carbocycles. The number of rotatable bonds is 3. The molecule has 2 fully saturated rings. The number of alkyl halides is 3. The van der Waals surface area contributed by atoms with Crippen LogP contribution in [0.15, 0.2) is 12.3 Å². The first kappa shape index (κ1) is 22.5. The number of nitrogens with zero attached hydrogens (tertiary/aromatic N) is 6. The van der Waals surface area contributed by atoms with Crippen molar-refractivity contribution in [3.8, 4) is 11.4 Å². The van der Waals surface area contributed by atoms with Crippen molar-refractivity contribution in [3.05, 3.63) is 17.8 Å². The van der Waals surface area contributed by atoms with E-state index >= 15 is 0 Å². The maximum atomic E-state index is 13.8. The van der Waals surface area contributed by atoms with Crippen molar-refractivity contribution in [3.63, 3.8) is 0 Å². The van der Waals surface area contributed by atoms with Crippen molar-refractivity contribution in [2.75, 3.05) is 41.7 Å². The van der Waals surface area contributed by atoms with E-state index in [1.54, 1.807) is 0 Å². The Morgan fingerprint density at radius 3 is 2.12 bits per heavy atom. The molecule has 2 aliphatic rings. The fourth-order valence-electron chi connectivity index (χ4n) is 4.25. The topological polar surface area (TPSA) is 93.3 Å². The molecule has 8 nitrogen and oxygen atoms in total. The van der Waals surface area contributed by atoms with Crippen LogP contribution < -0.4 is 15.5 Å². The quantitative estimate of drug-likeness (QED) is 0.758. The lowest BCUT2D eigenvalue weighted by molar-refractivity contribution is -0.137. The van der Waals surface area contributed by atoms with Gasteiger partial charge in [0.25, 0.3) is 0 Å². The normalized spacial score (nSPS) is 22.7. The molecule has 4 rings (SSSR count). The van der Waals surface area contributed by atoms with E-state index in [0.717, 1.165) is 51.0 Å². The van der Waals surface area contributed by atoms with Crippen LogP contribution >= 0.6 is 0 Å². The lowest BCUT2D eigenvalue weighted by atomic mass is 10.1. The predicted molar refractivity (Wildman–Crippen MR) is 115 cm³/mol. The van der Waals surface area contributed by atoms with Gasteiger partial charge in [0.2, 0.25) is 11.9 Å². The zero-order valence-electron chi connectivity index (χ0n) is 18.3. The SMILES string of the molecule is C[C@@H]1CN(c2nc(-c3cnc(N)cc3C(F)(F)F)nc(N3CCCCCC3)n2)C[C@@H](C)O1. The van der Waals surface area contributed by atoms with Gasteiger partial charge in [-0.2, -0.15) is 28.1 Å². The van der Waals surface area contributed by atoms with Crippen LogP contribution in [0.4, 0.5) is 30.9 Å². The number of aromatic nitrogens is 4. The van der Waals surface area contributed by atoms with Crippen molar-refractivity contribution in [1.82, 2.24) is 19.9 Å². The zero-order valence-corrected chi connectivity index (χ0v) is 18.3. The summed E-state index contributed by atoms with van der Waals surface area (Å²) in [6.45, 7) is 6.49. The van der Waals surface area contributed by atoms with Gasteiger partial charge >= 0.3 is 6.18 Å².